The van der Waals surface area contributed by atoms with Crippen molar-refractivity contribution in [3.8, 4) is 0 Å². The Labute approximate surface area is 145 Å². The highest BCUT2D eigenvalue weighted by Crippen LogP contribution is 2.43. The normalized spacial score (nSPS) is 27.7. The third-order valence-electron chi connectivity index (χ3n) is 5.17. The molecule has 124 valence electrons. The zero-order chi connectivity index (χ0) is 16.8. The van der Waals surface area contributed by atoms with Gasteiger partial charge in [-0.2, -0.15) is 0 Å². The summed E-state index contributed by atoms with van der Waals surface area (Å²) in [5.41, 5.74) is 2.52. The molecule has 2 atom stereocenters. The van der Waals surface area contributed by atoms with Gasteiger partial charge in [-0.3, -0.25) is 4.79 Å². The Morgan fingerprint density at radius 1 is 1.39 bits per heavy atom. The summed E-state index contributed by atoms with van der Waals surface area (Å²) in [6, 6.07) is 3.93. The number of aryl methyl sites for hydroxylation is 1. The first-order chi connectivity index (χ1) is 10.9. The molecule has 0 aromatic heterocycles. The zero-order valence-electron chi connectivity index (χ0n) is 13.7. The van der Waals surface area contributed by atoms with E-state index in [0.29, 0.717) is 12.0 Å². The van der Waals surface area contributed by atoms with Crippen LogP contribution in [0.3, 0.4) is 0 Å². The minimum Gasteiger partial charge on any atom is -0.509 e. The zero-order valence-corrected chi connectivity index (χ0v) is 15.3. The molecular weight excluding hydrogens is 358 g/mol. The van der Waals surface area contributed by atoms with E-state index in [2.05, 4.69) is 21.2 Å². The van der Waals surface area contributed by atoms with Gasteiger partial charge in [-0.25, -0.2) is 0 Å². The van der Waals surface area contributed by atoms with Crippen LogP contribution in [-0.4, -0.2) is 29.8 Å². The fraction of sp³-hybridized carbons (Fsp3) is 0.500. The van der Waals surface area contributed by atoms with E-state index in [-0.39, 0.29) is 17.8 Å². The van der Waals surface area contributed by atoms with E-state index in [1.54, 1.807) is 7.11 Å². The fourth-order valence-electron chi connectivity index (χ4n) is 3.88. The van der Waals surface area contributed by atoms with Crippen LogP contribution in [0.25, 0.3) is 5.57 Å². The first kappa shape index (κ1) is 16.5. The standard InChI is InChI=1S/C18H22BrNO3/c1-10-6-7-13(19)11(2)14(10)15-16(21)18(20-17(15)22)8-4-5-12(9-18)23-3/h6-7,12,21H,4-5,8-9H2,1-3H3,(H,20,22)/t12-,18+/m1/s1. The third-order valence-corrected chi connectivity index (χ3v) is 6.03. The molecule has 1 heterocycles. The van der Waals surface area contributed by atoms with E-state index < -0.39 is 5.54 Å². The van der Waals surface area contributed by atoms with Gasteiger partial charge in [0.25, 0.3) is 5.91 Å². The molecule has 1 aliphatic heterocycles. The van der Waals surface area contributed by atoms with Crippen LogP contribution in [0.2, 0.25) is 0 Å². The molecular formula is C18H22BrNO3. The molecule has 1 amide bonds. The van der Waals surface area contributed by atoms with E-state index >= 15 is 0 Å². The van der Waals surface area contributed by atoms with Gasteiger partial charge in [0, 0.05) is 18.0 Å². The van der Waals surface area contributed by atoms with Crippen LogP contribution in [0.15, 0.2) is 22.4 Å². The molecule has 5 heteroatoms. The van der Waals surface area contributed by atoms with Crippen LogP contribution in [-0.2, 0) is 9.53 Å². The van der Waals surface area contributed by atoms with Crippen LogP contribution in [0, 0.1) is 13.8 Å². The summed E-state index contributed by atoms with van der Waals surface area (Å²) in [5.74, 6) is -0.0166. The number of halogens is 1. The first-order valence-corrected chi connectivity index (χ1v) is 8.74. The van der Waals surface area contributed by atoms with E-state index in [1.807, 2.05) is 26.0 Å². The van der Waals surface area contributed by atoms with Crippen molar-refractivity contribution in [3.63, 3.8) is 0 Å². The maximum Gasteiger partial charge on any atom is 0.256 e. The predicted octanol–water partition coefficient (Wildman–Crippen LogP) is 3.79. The van der Waals surface area contributed by atoms with E-state index in [9.17, 15) is 9.90 Å². The minimum atomic E-state index is -0.674. The first-order valence-electron chi connectivity index (χ1n) is 7.94. The lowest BCUT2D eigenvalue weighted by Gasteiger charge is -2.37. The number of rotatable bonds is 2. The predicted molar refractivity (Wildman–Crippen MR) is 93.3 cm³/mol. The van der Waals surface area contributed by atoms with Crippen molar-refractivity contribution >= 4 is 27.4 Å². The lowest BCUT2D eigenvalue weighted by Crippen LogP contribution is -2.49. The number of methoxy groups -OCH3 is 1. The van der Waals surface area contributed by atoms with Gasteiger partial charge in [-0.1, -0.05) is 22.0 Å². The van der Waals surface area contributed by atoms with E-state index in [0.717, 1.165) is 40.4 Å². The molecule has 1 saturated carbocycles. The van der Waals surface area contributed by atoms with Crippen LogP contribution in [0.1, 0.15) is 42.4 Å². The monoisotopic (exact) mass is 379 g/mol. The van der Waals surface area contributed by atoms with Crippen LogP contribution < -0.4 is 5.32 Å². The Morgan fingerprint density at radius 2 is 2.13 bits per heavy atom. The van der Waals surface area contributed by atoms with Crippen LogP contribution in [0.5, 0.6) is 0 Å². The Hall–Kier alpha value is -1.33. The number of hydrogen-bond acceptors (Lipinski definition) is 3. The molecule has 1 aliphatic carbocycles. The van der Waals surface area contributed by atoms with Gasteiger partial charge in [-0.15, -0.1) is 0 Å². The maximum atomic E-state index is 12.7. The summed E-state index contributed by atoms with van der Waals surface area (Å²) in [4.78, 5) is 12.7. The second-order valence-corrected chi connectivity index (χ2v) is 7.43. The molecule has 4 nitrogen and oxygen atoms in total. The Bertz CT molecular complexity index is 698. The molecule has 1 fully saturated rings. The Balaban J connectivity index is 2.12. The molecule has 3 rings (SSSR count). The number of nitrogens with one attached hydrogen (secondary N) is 1. The Morgan fingerprint density at radius 3 is 2.83 bits per heavy atom. The van der Waals surface area contributed by atoms with Crippen molar-refractivity contribution in [2.24, 2.45) is 0 Å². The Kier molecular flexibility index (Phi) is 4.27. The summed E-state index contributed by atoms with van der Waals surface area (Å²) in [6.45, 7) is 3.93. The van der Waals surface area contributed by atoms with Gasteiger partial charge >= 0.3 is 0 Å². The third kappa shape index (κ3) is 2.60. The average molecular weight is 380 g/mol. The SMILES string of the molecule is CO[C@@H]1CCC[C@@]2(C1)NC(=O)C(c1c(C)ccc(Br)c1C)=C2O. The van der Waals surface area contributed by atoms with Gasteiger partial charge in [0.2, 0.25) is 0 Å². The molecule has 2 aliphatic rings. The smallest absolute Gasteiger partial charge is 0.256 e. The molecule has 1 spiro atoms. The fourth-order valence-corrected chi connectivity index (χ4v) is 4.21. The van der Waals surface area contributed by atoms with Gasteiger partial charge in [0.15, 0.2) is 0 Å². The summed E-state index contributed by atoms with van der Waals surface area (Å²) in [7, 11) is 1.69. The van der Waals surface area contributed by atoms with Gasteiger partial charge in [0.05, 0.1) is 11.7 Å². The van der Waals surface area contributed by atoms with Gasteiger partial charge in [0.1, 0.15) is 11.3 Å². The lowest BCUT2D eigenvalue weighted by atomic mass is 9.78. The highest BCUT2D eigenvalue weighted by molar-refractivity contribution is 9.10. The number of hydrogen-bond donors (Lipinski definition) is 2. The average Bonchev–Trinajstić information content (AvgIpc) is 2.75. The highest BCUT2D eigenvalue weighted by Gasteiger charge is 2.49. The quantitative estimate of drug-likeness (QED) is 0.821. The molecule has 2 N–H and O–H groups in total. The number of amides is 1. The minimum absolute atomic E-state index is 0.0650. The number of benzene rings is 1. The van der Waals surface area contributed by atoms with Crippen molar-refractivity contribution in [2.75, 3.05) is 7.11 Å². The number of carbonyl (C=O) groups excluding carboxylic acids is 1. The number of carbonyl (C=O) groups is 1. The van der Waals surface area contributed by atoms with Gasteiger partial charge < -0.3 is 15.2 Å². The second-order valence-electron chi connectivity index (χ2n) is 6.58. The lowest BCUT2D eigenvalue weighted by molar-refractivity contribution is -0.116. The van der Waals surface area contributed by atoms with Crippen LogP contribution in [0.4, 0.5) is 0 Å². The molecule has 1 aromatic carbocycles. The van der Waals surface area contributed by atoms with Crippen molar-refractivity contribution in [1.82, 2.24) is 5.32 Å². The van der Waals surface area contributed by atoms with E-state index in [4.69, 9.17) is 4.74 Å². The van der Waals surface area contributed by atoms with Crippen molar-refractivity contribution in [2.45, 2.75) is 51.2 Å². The van der Waals surface area contributed by atoms with Crippen molar-refractivity contribution in [1.29, 1.82) is 0 Å². The number of ether oxygens (including phenoxy) is 1. The maximum absolute atomic E-state index is 12.7. The summed E-state index contributed by atoms with van der Waals surface area (Å²) < 4.78 is 6.41. The highest BCUT2D eigenvalue weighted by atomic mass is 79.9. The molecule has 1 aromatic rings. The summed E-state index contributed by atoms with van der Waals surface area (Å²) in [6.07, 6.45) is 3.32. The molecule has 23 heavy (non-hydrogen) atoms. The van der Waals surface area contributed by atoms with Crippen molar-refractivity contribution < 1.29 is 14.6 Å². The van der Waals surface area contributed by atoms with Crippen LogP contribution >= 0.6 is 15.9 Å². The summed E-state index contributed by atoms with van der Waals surface area (Å²) >= 11 is 3.52. The molecule has 0 saturated heterocycles. The number of aliphatic hydroxyl groups is 1. The summed E-state index contributed by atoms with van der Waals surface area (Å²) in [5, 5.41) is 14.0. The second kappa shape index (κ2) is 5.95. The molecule has 0 radical (unpaired) electrons. The molecule has 0 bridgehead atoms. The van der Waals surface area contributed by atoms with E-state index in [1.165, 1.54) is 0 Å². The van der Waals surface area contributed by atoms with Gasteiger partial charge in [-0.05, 0) is 55.9 Å². The largest absolute Gasteiger partial charge is 0.509 e. The molecule has 0 unspecified atom stereocenters. The number of aliphatic hydroxyl groups excluding tert-OH is 1. The van der Waals surface area contributed by atoms with Crippen molar-refractivity contribution in [3.05, 3.63) is 39.1 Å². The topological polar surface area (TPSA) is 58.6 Å².